The predicted molar refractivity (Wildman–Crippen MR) is 33.3 cm³/mol. The molecule has 0 aliphatic carbocycles. The van der Waals surface area contributed by atoms with Gasteiger partial charge in [0.15, 0.2) is 0 Å². The van der Waals surface area contributed by atoms with Gasteiger partial charge in [0.05, 0.1) is 0 Å². The summed E-state index contributed by atoms with van der Waals surface area (Å²) >= 11 is 5.52. The number of hydrogen-bond acceptors (Lipinski definition) is 2. The molecule has 0 radical (unpaired) electrons. The Kier molecular flexibility index (Phi) is 2.19. The molecule has 0 spiro atoms. The Balaban J connectivity index is 3.79. The van der Waals surface area contributed by atoms with Gasteiger partial charge in [0, 0.05) is 43.7 Å². The van der Waals surface area contributed by atoms with Crippen molar-refractivity contribution in [3.8, 4) is 0 Å². The third kappa shape index (κ3) is 2.99. The van der Waals surface area contributed by atoms with Crippen molar-refractivity contribution in [1.82, 2.24) is 0 Å². The zero-order chi connectivity index (χ0) is 6.08. The van der Waals surface area contributed by atoms with Crippen LogP contribution in [-0.4, -0.2) is 8.28 Å². The van der Waals surface area contributed by atoms with Gasteiger partial charge >= 0.3 is 3.36 Å². The molecule has 0 aliphatic rings. The molecule has 7 heavy (non-hydrogen) atoms. The highest BCUT2D eigenvalue weighted by atomic mass is 79.9. The van der Waals surface area contributed by atoms with Gasteiger partial charge in [0.1, 0.15) is 0 Å². The Hall–Kier alpha value is 0.360. The second kappa shape index (κ2) is 2.09. The van der Waals surface area contributed by atoms with Crippen LogP contribution in [0.3, 0.4) is 0 Å². The van der Waals surface area contributed by atoms with Crippen molar-refractivity contribution in [1.29, 1.82) is 0 Å². The number of nitro groups is 1. The van der Waals surface area contributed by atoms with Crippen LogP contribution in [0.2, 0.25) is 0 Å². The van der Waals surface area contributed by atoms with E-state index in [9.17, 15) is 10.1 Å². The molecule has 0 atom stereocenters. The van der Waals surface area contributed by atoms with Gasteiger partial charge in [-0.2, -0.15) is 0 Å². The molecule has 0 unspecified atom stereocenters. The monoisotopic (exact) mass is 231 g/mol. The fourth-order valence-corrected chi connectivity index (χ4v) is 0. The van der Waals surface area contributed by atoms with E-state index in [2.05, 4.69) is 31.9 Å². The summed E-state index contributed by atoms with van der Waals surface area (Å²) in [5.41, 5.74) is 0. The molecule has 0 rings (SSSR count). The fraction of sp³-hybridized carbons (Fsp3) is 1.00. The smallest absolute Gasteiger partial charge is 0.262 e. The molecule has 0 amide bonds. The van der Waals surface area contributed by atoms with E-state index < -0.39 is 8.28 Å². The predicted octanol–water partition coefficient (Wildman–Crippen LogP) is 1.73. The molecule has 3 nitrogen and oxygen atoms in total. The van der Waals surface area contributed by atoms with Crippen LogP contribution < -0.4 is 0 Å². The van der Waals surface area contributed by atoms with Crippen LogP contribution in [0.4, 0.5) is 0 Å². The van der Waals surface area contributed by atoms with Crippen LogP contribution in [0.15, 0.2) is 0 Å². The SMILES string of the molecule is CC(Br)(Br)[N+](=O)[O-]. The zero-order valence-corrected chi connectivity index (χ0v) is 6.69. The average molecular weight is 233 g/mol. The molecule has 0 saturated carbocycles. The molecule has 0 fully saturated rings. The molecule has 0 saturated heterocycles. The fourth-order valence-electron chi connectivity index (χ4n) is 0. The average Bonchev–Trinajstić information content (AvgIpc) is 1.31. The minimum absolute atomic E-state index is 0.479. The lowest BCUT2D eigenvalue weighted by molar-refractivity contribution is -0.499. The van der Waals surface area contributed by atoms with Gasteiger partial charge in [0.2, 0.25) is 0 Å². The van der Waals surface area contributed by atoms with E-state index in [4.69, 9.17) is 0 Å². The van der Waals surface area contributed by atoms with Crippen molar-refractivity contribution >= 4 is 31.9 Å². The number of halogens is 2. The van der Waals surface area contributed by atoms with E-state index in [-0.39, 0.29) is 0 Å². The van der Waals surface area contributed by atoms with Crippen molar-refractivity contribution in [2.75, 3.05) is 0 Å². The van der Waals surface area contributed by atoms with E-state index in [1.807, 2.05) is 0 Å². The van der Waals surface area contributed by atoms with Gasteiger partial charge in [-0.15, -0.1) is 0 Å². The van der Waals surface area contributed by atoms with Gasteiger partial charge in [0.25, 0.3) is 0 Å². The first kappa shape index (κ1) is 7.36. The highest BCUT2D eigenvalue weighted by Crippen LogP contribution is 2.24. The Morgan fingerprint density at radius 1 is 1.71 bits per heavy atom. The Morgan fingerprint density at radius 2 is 1.86 bits per heavy atom. The summed E-state index contributed by atoms with van der Waals surface area (Å²) < 4.78 is -1.15. The highest BCUT2D eigenvalue weighted by molar-refractivity contribution is 9.25. The molecule has 0 N–H and O–H groups in total. The summed E-state index contributed by atoms with van der Waals surface area (Å²) in [7, 11) is 0. The Morgan fingerprint density at radius 3 is 1.86 bits per heavy atom. The van der Waals surface area contributed by atoms with E-state index in [1.54, 1.807) is 0 Å². The first-order valence-electron chi connectivity index (χ1n) is 1.47. The molecular weight excluding hydrogens is 230 g/mol. The normalized spacial score (nSPS) is 11.3. The quantitative estimate of drug-likeness (QED) is 0.299. The van der Waals surface area contributed by atoms with Gasteiger partial charge in [-0.1, -0.05) is 0 Å². The third-order valence-electron chi connectivity index (χ3n) is 0.321. The zero-order valence-electron chi connectivity index (χ0n) is 3.52. The molecular formula is C2H3Br2NO2. The van der Waals surface area contributed by atoms with Gasteiger partial charge in [-0.3, -0.25) is 10.1 Å². The summed E-state index contributed by atoms with van der Waals surface area (Å²) in [5.74, 6) is 0. The van der Waals surface area contributed by atoms with E-state index in [0.717, 1.165) is 0 Å². The molecule has 0 aromatic heterocycles. The molecule has 5 heteroatoms. The van der Waals surface area contributed by atoms with E-state index >= 15 is 0 Å². The standard InChI is InChI=1S/C2H3Br2NO2/c1-2(3,4)5(6)7/h1H3. The summed E-state index contributed by atoms with van der Waals surface area (Å²) in [6, 6.07) is 0. The molecule has 0 aromatic rings. The highest BCUT2D eigenvalue weighted by Gasteiger charge is 2.27. The number of alkyl halides is 2. The number of nitrogens with zero attached hydrogens (tertiary/aromatic N) is 1. The van der Waals surface area contributed by atoms with Crippen molar-refractivity contribution < 1.29 is 4.92 Å². The number of rotatable bonds is 1. The molecule has 42 valence electrons. The minimum atomic E-state index is -1.15. The van der Waals surface area contributed by atoms with E-state index in [1.165, 1.54) is 6.92 Å². The van der Waals surface area contributed by atoms with Gasteiger partial charge in [-0.25, -0.2) is 0 Å². The maximum atomic E-state index is 9.73. The van der Waals surface area contributed by atoms with Crippen LogP contribution >= 0.6 is 31.9 Å². The van der Waals surface area contributed by atoms with Crippen LogP contribution in [0.1, 0.15) is 6.92 Å². The molecule has 0 aromatic carbocycles. The van der Waals surface area contributed by atoms with Crippen LogP contribution in [-0.2, 0) is 0 Å². The van der Waals surface area contributed by atoms with Gasteiger partial charge < -0.3 is 0 Å². The van der Waals surface area contributed by atoms with Crippen LogP contribution in [0.25, 0.3) is 0 Å². The second-order valence-corrected chi connectivity index (χ2v) is 5.25. The minimum Gasteiger partial charge on any atom is -0.262 e. The molecule has 0 bridgehead atoms. The lowest BCUT2D eigenvalue weighted by atomic mass is 10.8. The van der Waals surface area contributed by atoms with Crippen molar-refractivity contribution in [3.05, 3.63) is 10.1 Å². The summed E-state index contributed by atoms with van der Waals surface area (Å²) in [4.78, 5) is 9.25. The largest absolute Gasteiger partial charge is 0.324 e. The Bertz CT molecular complexity index is 86.2. The maximum Gasteiger partial charge on any atom is 0.324 e. The lowest BCUT2D eigenvalue weighted by Crippen LogP contribution is -2.17. The van der Waals surface area contributed by atoms with E-state index in [0.29, 0.717) is 0 Å². The van der Waals surface area contributed by atoms with Crippen molar-refractivity contribution in [3.63, 3.8) is 0 Å². The first-order valence-corrected chi connectivity index (χ1v) is 3.05. The Labute approximate surface area is 57.5 Å². The lowest BCUT2D eigenvalue weighted by Gasteiger charge is -2.00. The summed E-state index contributed by atoms with van der Waals surface area (Å²) in [6.45, 7) is 1.40. The van der Waals surface area contributed by atoms with Crippen molar-refractivity contribution in [2.45, 2.75) is 10.3 Å². The van der Waals surface area contributed by atoms with Crippen molar-refractivity contribution in [2.24, 2.45) is 0 Å². The summed E-state index contributed by atoms with van der Waals surface area (Å²) in [5, 5.41) is 9.73. The third-order valence-corrected chi connectivity index (χ3v) is 0.900. The topological polar surface area (TPSA) is 43.1 Å². The number of hydrogen-bond donors (Lipinski definition) is 0. The first-order chi connectivity index (χ1) is 2.94. The maximum absolute atomic E-state index is 9.73. The summed E-state index contributed by atoms with van der Waals surface area (Å²) in [6.07, 6.45) is 0. The van der Waals surface area contributed by atoms with Crippen LogP contribution in [0.5, 0.6) is 0 Å². The molecule has 0 aliphatic heterocycles. The second-order valence-electron chi connectivity index (χ2n) is 1.10. The molecule has 0 heterocycles. The van der Waals surface area contributed by atoms with Crippen LogP contribution in [0, 0.1) is 10.1 Å². The van der Waals surface area contributed by atoms with Gasteiger partial charge in [-0.05, 0) is 0 Å².